The average Bonchev–Trinajstić information content (AvgIpc) is 2.54. The second-order valence-electron chi connectivity index (χ2n) is 6.69. The van der Waals surface area contributed by atoms with Gasteiger partial charge in [0.1, 0.15) is 0 Å². The monoisotopic (exact) mass is 286 g/mol. The van der Waals surface area contributed by atoms with Crippen LogP contribution in [0.15, 0.2) is 24.3 Å². The van der Waals surface area contributed by atoms with Crippen LogP contribution in [-0.4, -0.2) is 5.78 Å². The van der Waals surface area contributed by atoms with Gasteiger partial charge < -0.3 is 0 Å². The van der Waals surface area contributed by atoms with E-state index < -0.39 is 0 Å². The van der Waals surface area contributed by atoms with Gasteiger partial charge in [-0.15, -0.1) is 0 Å². The van der Waals surface area contributed by atoms with Gasteiger partial charge in [0, 0.05) is 12.0 Å². The third kappa shape index (κ3) is 4.98. The number of hydrogen-bond acceptors (Lipinski definition) is 1. The van der Waals surface area contributed by atoms with Gasteiger partial charge in [-0.25, -0.2) is 0 Å². The first kappa shape index (κ1) is 16.3. The van der Waals surface area contributed by atoms with Crippen LogP contribution >= 0.6 is 0 Å². The summed E-state index contributed by atoms with van der Waals surface area (Å²) in [6.07, 6.45) is 11.6. The number of carbonyl (C=O) groups is 1. The number of aryl methyl sites for hydroxylation is 1. The van der Waals surface area contributed by atoms with Crippen molar-refractivity contribution in [3.8, 4) is 0 Å². The minimum Gasteiger partial charge on any atom is -0.294 e. The van der Waals surface area contributed by atoms with Gasteiger partial charge in [0.25, 0.3) is 0 Å². The lowest BCUT2D eigenvalue weighted by Gasteiger charge is -2.28. The summed E-state index contributed by atoms with van der Waals surface area (Å²) in [5.41, 5.74) is 2.25. The first-order valence-corrected chi connectivity index (χ1v) is 8.85. The summed E-state index contributed by atoms with van der Waals surface area (Å²) >= 11 is 0. The lowest BCUT2D eigenvalue weighted by molar-refractivity contribution is 0.0988. The molecule has 116 valence electrons. The molecule has 21 heavy (non-hydrogen) atoms. The van der Waals surface area contributed by atoms with Crippen LogP contribution in [0.25, 0.3) is 0 Å². The van der Waals surface area contributed by atoms with Crippen molar-refractivity contribution in [3.05, 3.63) is 35.4 Å². The number of Topliss-reactive ketones (excluding diaryl/α,β-unsaturated/α-hetero) is 1. The maximum atomic E-state index is 11.6. The zero-order valence-electron chi connectivity index (χ0n) is 13.7. The molecule has 1 fully saturated rings. The van der Waals surface area contributed by atoms with Crippen molar-refractivity contribution in [1.29, 1.82) is 0 Å². The average molecular weight is 286 g/mol. The summed E-state index contributed by atoms with van der Waals surface area (Å²) in [6, 6.07) is 8.29. The van der Waals surface area contributed by atoms with Crippen LogP contribution in [0.1, 0.15) is 81.1 Å². The fraction of sp³-hybridized carbons (Fsp3) is 0.650. The Kier molecular flexibility index (Phi) is 6.48. The quantitative estimate of drug-likeness (QED) is 0.577. The van der Waals surface area contributed by atoms with Crippen molar-refractivity contribution in [2.24, 2.45) is 11.8 Å². The Hall–Kier alpha value is -1.11. The van der Waals surface area contributed by atoms with Crippen LogP contribution in [0.3, 0.4) is 0 Å². The second-order valence-corrected chi connectivity index (χ2v) is 6.69. The Balaban J connectivity index is 1.75. The molecule has 0 aromatic heterocycles. The molecule has 1 aromatic carbocycles. The molecule has 0 amide bonds. The number of carbonyl (C=O) groups excluding carboxylic acids is 1. The number of ketones is 1. The normalized spacial score (nSPS) is 22.2. The van der Waals surface area contributed by atoms with Gasteiger partial charge in [-0.1, -0.05) is 76.6 Å². The van der Waals surface area contributed by atoms with E-state index in [1.54, 1.807) is 0 Å². The van der Waals surface area contributed by atoms with E-state index in [2.05, 4.69) is 19.1 Å². The summed E-state index contributed by atoms with van der Waals surface area (Å²) in [6.45, 7) is 4.23. The van der Waals surface area contributed by atoms with E-state index in [-0.39, 0.29) is 5.78 Å². The second kappa shape index (κ2) is 8.36. The molecular weight excluding hydrogens is 256 g/mol. The van der Waals surface area contributed by atoms with Gasteiger partial charge in [0.2, 0.25) is 0 Å². The zero-order chi connectivity index (χ0) is 15.1. The van der Waals surface area contributed by atoms with Crippen molar-refractivity contribution in [2.45, 2.75) is 71.6 Å². The minimum absolute atomic E-state index is 0.246. The topological polar surface area (TPSA) is 17.1 Å². The highest BCUT2D eigenvalue weighted by molar-refractivity contribution is 5.95. The molecule has 0 spiro atoms. The molecule has 1 saturated carbocycles. The Morgan fingerprint density at radius 3 is 2.05 bits per heavy atom. The molecule has 1 aliphatic rings. The van der Waals surface area contributed by atoms with E-state index in [0.29, 0.717) is 6.42 Å². The third-order valence-corrected chi connectivity index (χ3v) is 5.10. The van der Waals surface area contributed by atoms with Crippen LogP contribution in [0.2, 0.25) is 0 Å². The van der Waals surface area contributed by atoms with Gasteiger partial charge >= 0.3 is 0 Å². The number of rotatable bonds is 7. The molecule has 0 heterocycles. The molecule has 0 unspecified atom stereocenters. The van der Waals surface area contributed by atoms with E-state index >= 15 is 0 Å². The fourth-order valence-corrected chi connectivity index (χ4v) is 3.65. The van der Waals surface area contributed by atoms with E-state index in [9.17, 15) is 4.79 Å². The third-order valence-electron chi connectivity index (χ3n) is 5.10. The van der Waals surface area contributed by atoms with Crippen LogP contribution < -0.4 is 0 Å². The van der Waals surface area contributed by atoms with E-state index in [1.807, 2.05) is 19.1 Å². The van der Waals surface area contributed by atoms with Crippen molar-refractivity contribution in [1.82, 2.24) is 0 Å². The molecule has 0 saturated heterocycles. The molecule has 0 bridgehead atoms. The van der Waals surface area contributed by atoms with Crippen LogP contribution in [0, 0.1) is 11.8 Å². The van der Waals surface area contributed by atoms with Crippen LogP contribution in [-0.2, 0) is 6.42 Å². The zero-order valence-corrected chi connectivity index (χ0v) is 13.7. The number of benzene rings is 1. The molecule has 0 aliphatic heterocycles. The first-order chi connectivity index (χ1) is 10.2. The molecule has 1 aliphatic carbocycles. The molecule has 0 N–H and O–H groups in total. The molecule has 0 radical (unpaired) electrons. The van der Waals surface area contributed by atoms with Crippen molar-refractivity contribution in [3.63, 3.8) is 0 Å². The predicted molar refractivity (Wildman–Crippen MR) is 89.7 cm³/mol. The minimum atomic E-state index is 0.246. The summed E-state index contributed by atoms with van der Waals surface area (Å²) in [7, 11) is 0. The van der Waals surface area contributed by atoms with E-state index in [1.165, 1.54) is 56.9 Å². The molecule has 1 heteroatoms. The van der Waals surface area contributed by atoms with Crippen LogP contribution in [0.5, 0.6) is 0 Å². The van der Waals surface area contributed by atoms with Crippen molar-refractivity contribution >= 4 is 5.78 Å². The lowest BCUT2D eigenvalue weighted by atomic mass is 9.78. The highest BCUT2D eigenvalue weighted by Gasteiger charge is 2.20. The Bertz CT molecular complexity index is 424. The van der Waals surface area contributed by atoms with Crippen LogP contribution in [0.4, 0.5) is 0 Å². The van der Waals surface area contributed by atoms with Crippen molar-refractivity contribution < 1.29 is 4.79 Å². The fourth-order valence-electron chi connectivity index (χ4n) is 3.65. The lowest BCUT2D eigenvalue weighted by Crippen LogP contribution is -2.15. The summed E-state index contributed by atoms with van der Waals surface area (Å²) < 4.78 is 0. The molecule has 0 atom stereocenters. The van der Waals surface area contributed by atoms with Crippen molar-refractivity contribution in [2.75, 3.05) is 0 Å². The Morgan fingerprint density at radius 1 is 0.952 bits per heavy atom. The summed E-state index contributed by atoms with van der Waals surface area (Å²) in [5.74, 6) is 2.18. The predicted octanol–water partition coefficient (Wildman–Crippen LogP) is 5.82. The highest BCUT2D eigenvalue weighted by atomic mass is 16.1. The van der Waals surface area contributed by atoms with Gasteiger partial charge in [0.15, 0.2) is 5.78 Å². The Morgan fingerprint density at radius 2 is 1.52 bits per heavy atom. The number of hydrogen-bond donors (Lipinski definition) is 0. The SMILES string of the molecule is CCC[C@H]1CC[C@H](CCc2ccc(C(=O)CC)cc2)CC1. The highest BCUT2D eigenvalue weighted by Crippen LogP contribution is 2.33. The van der Waals surface area contributed by atoms with Gasteiger partial charge in [-0.2, -0.15) is 0 Å². The maximum Gasteiger partial charge on any atom is 0.162 e. The molecular formula is C20H30O. The molecule has 1 nitrogen and oxygen atoms in total. The molecule has 2 rings (SSSR count). The smallest absolute Gasteiger partial charge is 0.162 e. The summed E-state index contributed by atoms with van der Waals surface area (Å²) in [5, 5.41) is 0. The van der Waals surface area contributed by atoms with E-state index in [4.69, 9.17) is 0 Å². The van der Waals surface area contributed by atoms with E-state index in [0.717, 1.165) is 17.4 Å². The summed E-state index contributed by atoms with van der Waals surface area (Å²) in [4.78, 5) is 11.6. The maximum absolute atomic E-state index is 11.6. The van der Waals surface area contributed by atoms with Gasteiger partial charge in [-0.3, -0.25) is 4.79 Å². The standard InChI is InChI=1S/C20H30O/c1-3-5-16-6-8-17(9-7-16)10-11-18-12-14-19(15-13-18)20(21)4-2/h12-17H,3-11H2,1-2H3/t16-,17-. The molecule has 1 aromatic rings. The largest absolute Gasteiger partial charge is 0.294 e. The first-order valence-electron chi connectivity index (χ1n) is 8.85. The Labute approximate surface area is 130 Å². The van der Waals surface area contributed by atoms with Gasteiger partial charge in [0.05, 0.1) is 0 Å². The van der Waals surface area contributed by atoms with Gasteiger partial charge in [-0.05, 0) is 30.2 Å².